The predicted molar refractivity (Wildman–Crippen MR) is 62.4 cm³/mol. The lowest BCUT2D eigenvalue weighted by molar-refractivity contribution is -0.138. The summed E-state index contributed by atoms with van der Waals surface area (Å²) >= 11 is 0. The smallest absolute Gasteiger partial charge is 0.330 e. The third-order valence-electron chi connectivity index (χ3n) is 3.46. The minimum absolute atomic E-state index is 0.564. The first kappa shape index (κ1) is 13.9. The third kappa shape index (κ3) is 2.11. The summed E-state index contributed by atoms with van der Waals surface area (Å²) in [4.78, 5) is 24.7. The molecule has 0 bridgehead atoms. The second-order valence-electron chi connectivity index (χ2n) is 4.69. The normalized spacial score (nSPS) is 34.6. The molecule has 1 aromatic rings. The summed E-state index contributed by atoms with van der Waals surface area (Å²) in [5.41, 5.74) is -3.02. The zero-order valence-corrected chi connectivity index (χ0v) is 10.2. The van der Waals surface area contributed by atoms with Crippen molar-refractivity contribution < 1.29 is 19.3 Å². The van der Waals surface area contributed by atoms with Gasteiger partial charge in [0.05, 0.1) is 12.7 Å². The van der Waals surface area contributed by atoms with Gasteiger partial charge in [0.2, 0.25) is 0 Å². The molecule has 0 amide bonds. The van der Waals surface area contributed by atoms with Gasteiger partial charge in [0.1, 0.15) is 18.5 Å². The first-order valence-corrected chi connectivity index (χ1v) is 5.79. The highest BCUT2D eigenvalue weighted by Gasteiger charge is 2.53. The minimum atomic E-state index is -1.74. The molecule has 1 aliphatic rings. The van der Waals surface area contributed by atoms with E-state index in [0.717, 1.165) is 10.6 Å². The molecular weight excluding hydrogens is 259 g/mol. The first-order chi connectivity index (χ1) is 8.95. The fourth-order valence-electron chi connectivity index (χ4n) is 2.27. The van der Waals surface area contributed by atoms with Gasteiger partial charge in [-0.25, -0.2) is 9.18 Å². The number of aliphatic hydroxyl groups excluding tert-OH is 2. The van der Waals surface area contributed by atoms with Gasteiger partial charge in [-0.05, 0) is 0 Å². The van der Waals surface area contributed by atoms with E-state index < -0.39 is 48.4 Å². The van der Waals surface area contributed by atoms with Gasteiger partial charge < -0.3 is 14.9 Å². The molecule has 0 saturated carbocycles. The van der Waals surface area contributed by atoms with Crippen molar-refractivity contribution in [3.8, 4) is 0 Å². The topological polar surface area (TPSA) is 105 Å². The van der Waals surface area contributed by atoms with Crippen molar-refractivity contribution >= 4 is 0 Å². The molecule has 1 fully saturated rings. The molecule has 2 heterocycles. The Morgan fingerprint density at radius 3 is 2.74 bits per heavy atom. The van der Waals surface area contributed by atoms with Crippen LogP contribution in [0.25, 0.3) is 0 Å². The van der Waals surface area contributed by atoms with Gasteiger partial charge in [0, 0.05) is 18.2 Å². The highest BCUT2D eigenvalue weighted by Crippen LogP contribution is 2.40. The van der Waals surface area contributed by atoms with E-state index in [9.17, 15) is 24.2 Å². The molecular formula is C11H15FN2O5. The Balaban J connectivity index is 2.42. The molecule has 8 heteroatoms. The number of nitrogens with one attached hydrogen (secondary N) is 1. The lowest BCUT2D eigenvalue weighted by Gasteiger charge is -2.26. The standard InChI is InChI=1S/C11H15FN2O5/c1-6-8(17)11(4-12,5-15)19-9(6)14-3-2-7(16)13-10(14)18/h2-3,6,8-9,15,17H,4-5H2,1H3,(H,13,16,18)/t6-,8-,9+,11+/m0/s1. The van der Waals surface area contributed by atoms with Gasteiger partial charge in [-0.2, -0.15) is 0 Å². The molecule has 2 rings (SSSR count). The highest BCUT2D eigenvalue weighted by atomic mass is 19.1. The number of halogens is 1. The van der Waals surface area contributed by atoms with Gasteiger partial charge in [-0.3, -0.25) is 14.3 Å². The van der Waals surface area contributed by atoms with Gasteiger partial charge in [0.25, 0.3) is 5.56 Å². The van der Waals surface area contributed by atoms with Crippen molar-refractivity contribution in [2.75, 3.05) is 13.3 Å². The number of H-pyrrole nitrogens is 1. The lowest BCUT2D eigenvalue weighted by atomic mass is 9.92. The average molecular weight is 274 g/mol. The maximum atomic E-state index is 13.0. The van der Waals surface area contributed by atoms with Crippen molar-refractivity contribution in [3.63, 3.8) is 0 Å². The van der Waals surface area contributed by atoms with Gasteiger partial charge in [0.15, 0.2) is 0 Å². The highest BCUT2D eigenvalue weighted by molar-refractivity contribution is 5.00. The van der Waals surface area contributed by atoms with E-state index in [-0.39, 0.29) is 0 Å². The Labute approximate surface area is 107 Å². The van der Waals surface area contributed by atoms with Crippen LogP contribution < -0.4 is 11.2 Å². The molecule has 4 atom stereocenters. The van der Waals surface area contributed by atoms with Crippen LogP contribution in [0.5, 0.6) is 0 Å². The monoisotopic (exact) mass is 274 g/mol. The van der Waals surface area contributed by atoms with Crippen LogP contribution in [0, 0.1) is 5.92 Å². The van der Waals surface area contributed by atoms with Gasteiger partial charge in [-0.15, -0.1) is 0 Å². The largest absolute Gasteiger partial charge is 0.393 e. The average Bonchev–Trinajstić information content (AvgIpc) is 2.64. The molecule has 0 spiro atoms. The Morgan fingerprint density at radius 1 is 1.58 bits per heavy atom. The summed E-state index contributed by atoms with van der Waals surface area (Å²) in [6.07, 6.45) is -1.01. The Kier molecular flexibility index (Phi) is 3.57. The number of hydrogen-bond donors (Lipinski definition) is 3. The molecule has 7 nitrogen and oxygen atoms in total. The Morgan fingerprint density at radius 2 is 2.26 bits per heavy atom. The van der Waals surface area contributed by atoms with E-state index >= 15 is 0 Å². The number of ether oxygens (including phenoxy) is 1. The number of aliphatic hydroxyl groups is 2. The molecule has 0 aromatic carbocycles. The predicted octanol–water partition coefficient (Wildman–Crippen LogP) is -1.24. The number of aromatic nitrogens is 2. The van der Waals surface area contributed by atoms with Crippen molar-refractivity contribution in [2.45, 2.75) is 24.9 Å². The summed E-state index contributed by atoms with van der Waals surface area (Å²) in [5, 5.41) is 19.2. The molecule has 3 N–H and O–H groups in total. The lowest BCUT2D eigenvalue weighted by Crippen LogP contribution is -2.46. The van der Waals surface area contributed by atoms with Crippen molar-refractivity contribution in [3.05, 3.63) is 33.1 Å². The quantitative estimate of drug-likeness (QED) is 0.639. The van der Waals surface area contributed by atoms with E-state index in [0.29, 0.717) is 0 Å². The molecule has 0 aliphatic carbocycles. The van der Waals surface area contributed by atoms with Crippen LogP contribution in [0.1, 0.15) is 13.2 Å². The second-order valence-corrected chi connectivity index (χ2v) is 4.69. The van der Waals surface area contributed by atoms with Crippen LogP contribution in [0.15, 0.2) is 21.9 Å². The van der Waals surface area contributed by atoms with Gasteiger partial charge >= 0.3 is 5.69 Å². The second kappa shape index (κ2) is 4.87. The van der Waals surface area contributed by atoms with Gasteiger partial charge in [-0.1, -0.05) is 6.92 Å². The fourth-order valence-corrected chi connectivity index (χ4v) is 2.27. The first-order valence-electron chi connectivity index (χ1n) is 5.79. The van der Waals surface area contributed by atoms with Crippen LogP contribution >= 0.6 is 0 Å². The summed E-state index contributed by atoms with van der Waals surface area (Å²) in [5.74, 6) is -0.619. The van der Waals surface area contributed by atoms with E-state index in [1.165, 1.54) is 6.20 Å². The molecule has 19 heavy (non-hydrogen) atoms. The van der Waals surface area contributed by atoms with Crippen LogP contribution in [0.3, 0.4) is 0 Å². The number of nitrogens with zero attached hydrogens (tertiary/aromatic N) is 1. The Bertz CT molecular complexity index is 565. The van der Waals surface area contributed by atoms with Crippen molar-refractivity contribution in [2.24, 2.45) is 5.92 Å². The number of rotatable bonds is 3. The maximum Gasteiger partial charge on any atom is 0.330 e. The summed E-state index contributed by atoms with van der Waals surface area (Å²) in [6, 6.07) is 1.12. The summed E-state index contributed by atoms with van der Waals surface area (Å²) < 4.78 is 19.4. The number of aromatic amines is 1. The van der Waals surface area contributed by atoms with Crippen molar-refractivity contribution in [1.82, 2.24) is 9.55 Å². The van der Waals surface area contributed by atoms with Crippen LogP contribution in [0.4, 0.5) is 4.39 Å². The van der Waals surface area contributed by atoms with E-state index in [2.05, 4.69) is 0 Å². The molecule has 1 saturated heterocycles. The molecule has 0 unspecified atom stereocenters. The Hall–Kier alpha value is -1.51. The molecule has 1 aliphatic heterocycles. The minimum Gasteiger partial charge on any atom is -0.393 e. The van der Waals surface area contributed by atoms with Crippen LogP contribution in [0.2, 0.25) is 0 Å². The summed E-state index contributed by atoms with van der Waals surface area (Å²) in [6.45, 7) is -0.215. The third-order valence-corrected chi connectivity index (χ3v) is 3.46. The SMILES string of the molecule is C[C@@H]1[C@H](n2ccc(=O)[nH]c2=O)O[C@@](CO)(CF)[C@H]1O. The zero-order valence-electron chi connectivity index (χ0n) is 10.2. The van der Waals surface area contributed by atoms with Crippen LogP contribution in [-0.4, -0.2) is 44.8 Å². The molecule has 106 valence electrons. The fraction of sp³-hybridized carbons (Fsp3) is 0.636. The maximum absolute atomic E-state index is 13.0. The van der Waals surface area contributed by atoms with Crippen LogP contribution in [-0.2, 0) is 4.74 Å². The van der Waals surface area contributed by atoms with E-state index in [1.54, 1.807) is 6.92 Å². The summed E-state index contributed by atoms with van der Waals surface area (Å²) in [7, 11) is 0. The zero-order chi connectivity index (χ0) is 14.2. The molecule has 0 radical (unpaired) electrons. The van der Waals surface area contributed by atoms with E-state index in [1.807, 2.05) is 4.98 Å². The van der Waals surface area contributed by atoms with Crippen molar-refractivity contribution in [1.29, 1.82) is 0 Å². The molecule has 1 aromatic heterocycles. The number of hydrogen-bond acceptors (Lipinski definition) is 5. The van der Waals surface area contributed by atoms with E-state index in [4.69, 9.17) is 4.74 Å². The number of alkyl halides is 1.